The van der Waals surface area contributed by atoms with Gasteiger partial charge in [-0.3, -0.25) is 4.57 Å². The number of hydrogen-bond donors (Lipinski definition) is 1. The highest BCUT2D eigenvalue weighted by molar-refractivity contribution is 6.33. The second-order valence-corrected chi connectivity index (χ2v) is 5.13. The number of fused-ring (bicyclic) bond motifs is 2. The predicted molar refractivity (Wildman–Crippen MR) is 67.4 cm³/mol. The Balaban J connectivity index is 1.79. The van der Waals surface area contributed by atoms with Crippen LogP contribution in [0.4, 0.5) is 0 Å². The maximum Gasteiger partial charge on any atom is 0.166 e. The summed E-state index contributed by atoms with van der Waals surface area (Å²) in [5, 5.41) is 9.66. The molecule has 0 spiro atoms. The van der Waals surface area contributed by atoms with Crippen LogP contribution in [-0.2, 0) is 4.74 Å². The van der Waals surface area contributed by atoms with Gasteiger partial charge in [0.05, 0.1) is 19.0 Å². The van der Waals surface area contributed by atoms with Crippen LogP contribution in [0.3, 0.4) is 0 Å². The largest absolute Gasteiger partial charge is 0.394 e. The van der Waals surface area contributed by atoms with Crippen molar-refractivity contribution in [3.05, 3.63) is 30.0 Å². The molecule has 1 fully saturated rings. The molecule has 1 aliphatic heterocycles. The minimum Gasteiger partial charge on any atom is -0.394 e. The monoisotopic (exact) mass is 278 g/mol. The van der Waals surface area contributed by atoms with Gasteiger partial charge in [0, 0.05) is 11.8 Å². The first-order valence-electron chi connectivity index (χ1n) is 6.07. The van der Waals surface area contributed by atoms with Crippen LogP contribution in [0.2, 0.25) is 5.15 Å². The lowest BCUT2D eigenvalue weighted by atomic mass is 9.80. The third-order valence-electron chi connectivity index (χ3n) is 3.84. The molecule has 4 atom stereocenters. The molecule has 2 aromatic heterocycles. The molecule has 3 heterocycles. The van der Waals surface area contributed by atoms with Crippen LogP contribution >= 0.6 is 11.6 Å². The van der Waals surface area contributed by atoms with Gasteiger partial charge in [-0.1, -0.05) is 23.8 Å². The average molecular weight is 279 g/mol. The van der Waals surface area contributed by atoms with E-state index in [-0.39, 0.29) is 30.8 Å². The Morgan fingerprint density at radius 2 is 2.11 bits per heavy atom. The summed E-state index contributed by atoms with van der Waals surface area (Å²) in [5.74, 6) is 0.521. The molecule has 0 radical (unpaired) electrons. The fourth-order valence-electron chi connectivity index (χ4n) is 2.81. The van der Waals surface area contributed by atoms with Crippen molar-refractivity contribution >= 4 is 22.8 Å². The third-order valence-corrected chi connectivity index (χ3v) is 4.12. The topological polar surface area (TPSA) is 73.1 Å². The number of ether oxygens (including phenoxy) is 1. The molecule has 0 saturated carbocycles. The number of aliphatic hydroxyl groups excluding tert-OH is 1. The smallest absolute Gasteiger partial charge is 0.166 e. The van der Waals surface area contributed by atoms with Crippen LogP contribution in [0, 0.1) is 11.8 Å². The first-order valence-corrected chi connectivity index (χ1v) is 6.45. The SMILES string of the molecule is OC[C@H]1O[C@H](n2cnc3c(Cl)ncnc32)[C@@H]2C=C[C@@H]21. The molecule has 2 aromatic rings. The Kier molecular flexibility index (Phi) is 2.38. The molecule has 0 aromatic carbocycles. The van der Waals surface area contributed by atoms with Crippen molar-refractivity contribution < 1.29 is 9.84 Å². The minimum absolute atomic E-state index is 0.0182. The van der Waals surface area contributed by atoms with Gasteiger partial charge in [0.2, 0.25) is 0 Å². The van der Waals surface area contributed by atoms with Crippen LogP contribution in [0.5, 0.6) is 0 Å². The normalized spacial score (nSPS) is 32.5. The summed E-state index contributed by atoms with van der Waals surface area (Å²) >= 11 is 5.99. The molecule has 1 aliphatic carbocycles. The van der Waals surface area contributed by atoms with Crippen LogP contribution in [0.1, 0.15) is 6.23 Å². The van der Waals surface area contributed by atoms with Crippen LogP contribution in [0.25, 0.3) is 11.2 Å². The van der Waals surface area contributed by atoms with E-state index in [4.69, 9.17) is 16.3 Å². The van der Waals surface area contributed by atoms with Crippen molar-refractivity contribution in [2.45, 2.75) is 12.3 Å². The van der Waals surface area contributed by atoms with Crippen molar-refractivity contribution in [2.75, 3.05) is 6.61 Å². The quantitative estimate of drug-likeness (QED) is 0.659. The minimum atomic E-state index is -0.192. The molecule has 2 aliphatic rings. The molecule has 19 heavy (non-hydrogen) atoms. The van der Waals surface area contributed by atoms with Gasteiger partial charge >= 0.3 is 0 Å². The highest BCUT2D eigenvalue weighted by Crippen LogP contribution is 2.47. The maximum absolute atomic E-state index is 9.33. The van der Waals surface area contributed by atoms with E-state index in [9.17, 15) is 5.11 Å². The first-order chi connectivity index (χ1) is 9.29. The molecule has 0 amide bonds. The maximum atomic E-state index is 9.33. The second-order valence-electron chi connectivity index (χ2n) is 4.78. The molecule has 7 heteroatoms. The Hall–Kier alpha value is -1.50. The van der Waals surface area contributed by atoms with E-state index >= 15 is 0 Å². The summed E-state index contributed by atoms with van der Waals surface area (Å²) in [7, 11) is 0. The fraction of sp³-hybridized carbons (Fsp3) is 0.417. The molecule has 0 bridgehead atoms. The lowest BCUT2D eigenvalue weighted by Crippen LogP contribution is -2.26. The fourth-order valence-corrected chi connectivity index (χ4v) is 2.99. The number of hydrogen-bond acceptors (Lipinski definition) is 5. The molecule has 0 unspecified atom stereocenters. The van der Waals surface area contributed by atoms with E-state index in [0.29, 0.717) is 16.3 Å². The van der Waals surface area contributed by atoms with E-state index in [1.165, 1.54) is 6.33 Å². The van der Waals surface area contributed by atoms with E-state index in [1.54, 1.807) is 6.33 Å². The Morgan fingerprint density at radius 1 is 1.26 bits per heavy atom. The number of halogens is 1. The van der Waals surface area contributed by atoms with Crippen LogP contribution in [0.15, 0.2) is 24.8 Å². The van der Waals surface area contributed by atoms with Gasteiger partial charge in [0.25, 0.3) is 0 Å². The highest BCUT2D eigenvalue weighted by Gasteiger charge is 2.47. The molecule has 1 N–H and O–H groups in total. The summed E-state index contributed by atoms with van der Waals surface area (Å²) in [5.41, 5.74) is 1.22. The molecular formula is C12H11ClN4O2. The zero-order valence-electron chi connectivity index (χ0n) is 9.85. The van der Waals surface area contributed by atoms with Gasteiger partial charge in [-0.15, -0.1) is 0 Å². The Morgan fingerprint density at radius 3 is 2.79 bits per heavy atom. The van der Waals surface area contributed by atoms with Gasteiger partial charge in [-0.2, -0.15) is 0 Å². The zero-order chi connectivity index (χ0) is 13.0. The first kappa shape index (κ1) is 11.3. The standard InChI is InChI=1S/C12H11ClN4O2/c13-10-9-11(15-4-14-10)17(5-16-9)12-7-2-1-6(7)8(3-18)19-12/h1-2,4-8,12,18H,3H2/t6-,7+,8+,12-/m0/s1. The van der Waals surface area contributed by atoms with Gasteiger partial charge in [0.15, 0.2) is 10.8 Å². The van der Waals surface area contributed by atoms with Gasteiger partial charge in [0.1, 0.15) is 18.1 Å². The zero-order valence-corrected chi connectivity index (χ0v) is 10.6. The van der Waals surface area contributed by atoms with Crippen LogP contribution < -0.4 is 0 Å². The average Bonchev–Trinajstić information content (AvgIpc) is 2.89. The molecular weight excluding hydrogens is 268 g/mol. The van der Waals surface area contributed by atoms with Gasteiger partial charge in [-0.25, -0.2) is 15.0 Å². The van der Waals surface area contributed by atoms with Gasteiger partial charge in [-0.05, 0) is 0 Å². The Bertz CT molecular complexity index is 671. The number of aromatic nitrogens is 4. The second kappa shape index (κ2) is 4.00. The van der Waals surface area contributed by atoms with E-state index in [0.717, 1.165) is 0 Å². The molecule has 1 saturated heterocycles. The Labute approximate surface area is 113 Å². The van der Waals surface area contributed by atoms with Gasteiger partial charge < -0.3 is 9.84 Å². The number of aliphatic hydroxyl groups is 1. The van der Waals surface area contributed by atoms with E-state index in [1.807, 2.05) is 4.57 Å². The van der Waals surface area contributed by atoms with Crippen molar-refractivity contribution in [3.63, 3.8) is 0 Å². The lowest BCUT2D eigenvalue weighted by Gasteiger charge is -2.25. The summed E-state index contributed by atoms with van der Waals surface area (Å²) in [6, 6.07) is 0. The number of imidazole rings is 1. The number of rotatable bonds is 2. The summed E-state index contributed by atoms with van der Waals surface area (Å²) in [6.45, 7) is 0.0182. The van der Waals surface area contributed by atoms with Crippen molar-refractivity contribution in [1.29, 1.82) is 0 Å². The van der Waals surface area contributed by atoms with Crippen LogP contribution in [-0.4, -0.2) is 37.3 Å². The third kappa shape index (κ3) is 1.47. The molecule has 4 rings (SSSR count). The van der Waals surface area contributed by atoms with Crippen molar-refractivity contribution in [1.82, 2.24) is 19.5 Å². The summed E-state index contributed by atoms with van der Waals surface area (Å²) in [6.07, 6.45) is 6.90. The highest BCUT2D eigenvalue weighted by atomic mass is 35.5. The van der Waals surface area contributed by atoms with E-state index in [2.05, 4.69) is 27.1 Å². The van der Waals surface area contributed by atoms with E-state index < -0.39 is 0 Å². The summed E-state index contributed by atoms with van der Waals surface area (Å²) < 4.78 is 7.76. The lowest BCUT2D eigenvalue weighted by molar-refractivity contribution is -0.0288. The molecule has 98 valence electrons. The predicted octanol–water partition coefficient (Wildman–Crippen LogP) is 1.17. The molecule has 6 nitrogen and oxygen atoms in total. The number of nitrogens with zero attached hydrogens (tertiary/aromatic N) is 4. The van der Waals surface area contributed by atoms with Crippen molar-refractivity contribution in [2.24, 2.45) is 11.8 Å². The summed E-state index contributed by atoms with van der Waals surface area (Å²) in [4.78, 5) is 12.4. The van der Waals surface area contributed by atoms with Crippen molar-refractivity contribution in [3.8, 4) is 0 Å².